The van der Waals surface area contributed by atoms with Crippen molar-refractivity contribution in [3.05, 3.63) is 25.0 Å². The predicted molar refractivity (Wildman–Crippen MR) is 94.5 cm³/mol. The lowest BCUT2D eigenvalue weighted by atomic mass is 10.1. The standard InChI is InChI=1S/C18H29N3O3/c1-3-5-6-7-8-9-10-11-18(23)21(13-4-2)15-17(22)19-16-12-14-24-20-16/h4,12,14H,2-3,5-11,13,15H2,1H3,(H,19,20,22). The van der Waals surface area contributed by atoms with Crippen molar-refractivity contribution < 1.29 is 14.1 Å². The van der Waals surface area contributed by atoms with E-state index in [1.165, 1.54) is 43.3 Å². The van der Waals surface area contributed by atoms with Gasteiger partial charge in [0.15, 0.2) is 5.82 Å². The molecule has 0 radical (unpaired) electrons. The van der Waals surface area contributed by atoms with Crippen LogP contribution in [0.3, 0.4) is 0 Å². The summed E-state index contributed by atoms with van der Waals surface area (Å²) in [5.74, 6) is 0.0375. The molecule has 2 amide bonds. The van der Waals surface area contributed by atoms with E-state index in [1.54, 1.807) is 12.1 Å². The minimum atomic E-state index is -0.293. The molecule has 1 aromatic rings. The minimum Gasteiger partial charge on any atom is -0.363 e. The molecule has 0 fully saturated rings. The molecule has 0 saturated heterocycles. The van der Waals surface area contributed by atoms with Gasteiger partial charge in [-0.2, -0.15) is 0 Å². The highest BCUT2D eigenvalue weighted by atomic mass is 16.5. The average molecular weight is 335 g/mol. The Morgan fingerprint density at radius 1 is 1.25 bits per heavy atom. The van der Waals surface area contributed by atoms with Gasteiger partial charge in [0.1, 0.15) is 12.8 Å². The highest BCUT2D eigenvalue weighted by Gasteiger charge is 2.16. The van der Waals surface area contributed by atoms with E-state index < -0.39 is 0 Å². The van der Waals surface area contributed by atoms with E-state index in [2.05, 4.69) is 28.5 Å². The molecule has 1 aromatic heterocycles. The maximum absolute atomic E-state index is 12.3. The van der Waals surface area contributed by atoms with E-state index in [4.69, 9.17) is 0 Å². The number of carbonyl (C=O) groups is 2. The van der Waals surface area contributed by atoms with Crippen molar-refractivity contribution >= 4 is 17.6 Å². The SMILES string of the molecule is C=CCN(CC(=O)Nc1ccon1)C(=O)CCCCCCCCC. The molecule has 1 heterocycles. The second-order valence-electron chi connectivity index (χ2n) is 5.87. The molecule has 0 aliphatic rings. The Labute approximate surface area is 144 Å². The van der Waals surface area contributed by atoms with Crippen molar-refractivity contribution in [3.8, 4) is 0 Å². The van der Waals surface area contributed by atoms with E-state index >= 15 is 0 Å². The fourth-order valence-electron chi connectivity index (χ4n) is 2.43. The van der Waals surface area contributed by atoms with Gasteiger partial charge >= 0.3 is 0 Å². The number of anilines is 1. The minimum absolute atomic E-state index is 0.00574. The van der Waals surface area contributed by atoms with Gasteiger partial charge in [0.25, 0.3) is 0 Å². The first-order chi connectivity index (χ1) is 11.7. The first-order valence-electron chi connectivity index (χ1n) is 8.76. The maximum Gasteiger partial charge on any atom is 0.245 e. The first-order valence-corrected chi connectivity index (χ1v) is 8.76. The molecule has 6 heteroatoms. The molecule has 0 atom stereocenters. The summed E-state index contributed by atoms with van der Waals surface area (Å²) in [6.45, 7) is 6.21. The molecule has 0 aromatic carbocycles. The number of carbonyl (C=O) groups excluding carboxylic acids is 2. The number of nitrogens with one attached hydrogen (secondary N) is 1. The zero-order valence-corrected chi connectivity index (χ0v) is 14.6. The average Bonchev–Trinajstić information content (AvgIpc) is 3.06. The van der Waals surface area contributed by atoms with Gasteiger partial charge in [0.2, 0.25) is 11.8 Å². The largest absolute Gasteiger partial charge is 0.363 e. The van der Waals surface area contributed by atoms with E-state index in [1.807, 2.05) is 0 Å². The second-order valence-corrected chi connectivity index (χ2v) is 5.87. The van der Waals surface area contributed by atoms with Crippen molar-refractivity contribution in [2.24, 2.45) is 0 Å². The van der Waals surface area contributed by atoms with Crippen molar-refractivity contribution in [2.75, 3.05) is 18.4 Å². The van der Waals surface area contributed by atoms with Crippen LogP contribution < -0.4 is 5.32 Å². The predicted octanol–water partition coefficient (Wildman–Crippen LogP) is 3.77. The summed E-state index contributed by atoms with van der Waals surface area (Å²) in [6, 6.07) is 1.55. The lowest BCUT2D eigenvalue weighted by Gasteiger charge is -2.20. The Balaban J connectivity index is 2.28. The number of amides is 2. The van der Waals surface area contributed by atoms with Crippen molar-refractivity contribution in [2.45, 2.75) is 58.3 Å². The zero-order valence-electron chi connectivity index (χ0n) is 14.6. The van der Waals surface area contributed by atoms with E-state index in [-0.39, 0.29) is 18.4 Å². The van der Waals surface area contributed by atoms with Crippen molar-refractivity contribution in [3.63, 3.8) is 0 Å². The van der Waals surface area contributed by atoms with Crippen LogP contribution in [0.25, 0.3) is 0 Å². The zero-order chi connectivity index (χ0) is 17.6. The van der Waals surface area contributed by atoms with Gasteiger partial charge in [-0.05, 0) is 6.42 Å². The summed E-state index contributed by atoms with van der Waals surface area (Å²) in [7, 11) is 0. The number of aromatic nitrogens is 1. The van der Waals surface area contributed by atoms with Gasteiger partial charge in [0, 0.05) is 19.0 Å². The van der Waals surface area contributed by atoms with Crippen LogP contribution in [0.2, 0.25) is 0 Å². The summed E-state index contributed by atoms with van der Waals surface area (Å²) >= 11 is 0. The molecule has 0 bridgehead atoms. The smallest absolute Gasteiger partial charge is 0.245 e. The highest BCUT2D eigenvalue weighted by molar-refractivity contribution is 5.93. The Bertz CT molecular complexity index is 486. The molecule has 0 spiro atoms. The lowest BCUT2D eigenvalue weighted by Crippen LogP contribution is -2.38. The van der Waals surface area contributed by atoms with Gasteiger partial charge in [-0.15, -0.1) is 6.58 Å². The molecular weight excluding hydrogens is 306 g/mol. The van der Waals surface area contributed by atoms with E-state index in [0.717, 1.165) is 12.8 Å². The van der Waals surface area contributed by atoms with Gasteiger partial charge in [-0.3, -0.25) is 9.59 Å². The first kappa shape index (κ1) is 19.9. The number of unbranched alkanes of at least 4 members (excludes halogenated alkanes) is 6. The number of rotatable bonds is 13. The third kappa shape index (κ3) is 8.50. The quantitative estimate of drug-likeness (QED) is 0.440. The molecule has 1 rings (SSSR count). The van der Waals surface area contributed by atoms with Gasteiger partial charge in [-0.25, -0.2) is 0 Å². The number of nitrogens with zero attached hydrogens (tertiary/aromatic N) is 2. The van der Waals surface area contributed by atoms with Crippen LogP contribution in [0.5, 0.6) is 0 Å². The van der Waals surface area contributed by atoms with Crippen LogP contribution in [0, 0.1) is 0 Å². The maximum atomic E-state index is 12.3. The second kappa shape index (κ2) is 12.3. The summed E-state index contributed by atoms with van der Waals surface area (Å²) < 4.78 is 4.65. The molecule has 0 unspecified atom stereocenters. The monoisotopic (exact) mass is 335 g/mol. The molecule has 134 valence electrons. The molecule has 0 aliphatic heterocycles. The topological polar surface area (TPSA) is 75.4 Å². The number of hydrogen-bond acceptors (Lipinski definition) is 4. The molecular formula is C18H29N3O3. The normalized spacial score (nSPS) is 10.4. The molecule has 6 nitrogen and oxygen atoms in total. The Morgan fingerprint density at radius 2 is 1.96 bits per heavy atom. The fraction of sp³-hybridized carbons (Fsp3) is 0.611. The highest BCUT2D eigenvalue weighted by Crippen LogP contribution is 2.10. The van der Waals surface area contributed by atoms with Crippen LogP contribution in [-0.4, -0.2) is 35.0 Å². The van der Waals surface area contributed by atoms with Crippen molar-refractivity contribution in [1.82, 2.24) is 10.1 Å². The lowest BCUT2D eigenvalue weighted by molar-refractivity contribution is -0.134. The number of hydrogen-bond donors (Lipinski definition) is 1. The third-order valence-electron chi connectivity index (χ3n) is 3.74. The molecule has 0 aliphatic carbocycles. The van der Waals surface area contributed by atoms with Crippen LogP contribution in [-0.2, 0) is 9.59 Å². The molecule has 24 heavy (non-hydrogen) atoms. The van der Waals surface area contributed by atoms with Gasteiger partial charge in [0.05, 0.1) is 0 Å². The van der Waals surface area contributed by atoms with E-state index in [0.29, 0.717) is 18.8 Å². The summed E-state index contributed by atoms with van der Waals surface area (Å²) in [4.78, 5) is 25.7. The van der Waals surface area contributed by atoms with E-state index in [9.17, 15) is 9.59 Å². The molecule has 0 saturated carbocycles. The van der Waals surface area contributed by atoms with Gasteiger partial charge in [-0.1, -0.05) is 56.7 Å². The van der Waals surface area contributed by atoms with Crippen LogP contribution >= 0.6 is 0 Å². The fourth-order valence-corrected chi connectivity index (χ4v) is 2.43. The van der Waals surface area contributed by atoms with Crippen LogP contribution in [0.15, 0.2) is 29.5 Å². The Morgan fingerprint density at radius 3 is 2.58 bits per heavy atom. The van der Waals surface area contributed by atoms with Crippen LogP contribution in [0.1, 0.15) is 58.3 Å². The Hall–Kier alpha value is -2.11. The van der Waals surface area contributed by atoms with Crippen molar-refractivity contribution in [1.29, 1.82) is 0 Å². The summed E-state index contributed by atoms with van der Waals surface area (Å²) in [5.41, 5.74) is 0. The summed E-state index contributed by atoms with van der Waals surface area (Å²) in [5, 5.41) is 6.20. The molecule has 1 N–H and O–H groups in total. The third-order valence-corrected chi connectivity index (χ3v) is 3.74. The summed E-state index contributed by atoms with van der Waals surface area (Å²) in [6.07, 6.45) is 11.6. The van der Waals surface area contributed by atoms with Crippen LogP contribution in [0.4, 0.5) is 5.82 Å². The Kier molecular flexibility index (Phi) is 10.2. The van der Waals surface area contributed by atoms with Gasteiger partial charge < -0.3 is 14.7 Å².